The van der Waals surface area contributed by atoms with Crippen LogP contribution in [0.15, 0.2) is 243 Å². The van der Waals surface area contributed by atoms with Gasteiger partial charge in [-0.15, -0.1) is 0 Å². The Bertz CT molecular complexity index is 3460. The van der Waals surface area contributed by atoms with Crippen molar-refractivity contribution in [3.05, 3.63) is 265 Å². The molecule has 2 heteroatoms. The summed E-state index contributed by atoms with van der Waals surface area (Å²) in [5.41, 5.74) is 21.9. The Hall–Kier alpha value is -8.20. The summed E-state index contributed by atoms with van der Waals surface area (Å²) in [5.74, 6) is 0. The molecular formula is C61H40N2. The normalized spacial score (nSPS) is 12.9. The van der Waals surface area contributed by atoms with E-state index in [-0.39, 0.29) is 0 Å². The number of aromatic nitrogens is 1. The Morgan fingerprint density at radius 2 is 0.746 bits per heavy atom. The van der Waals surface area contributed by atoms with E-state index in [1.165, 1.54) is 88.6 Å². The van der Waals surface area contributed by atoms with E-state index in [4.69, 9.17) is 0 Å². The molecule has 0 fully saturated rings. The number of benzene rings is 10. The van der Waals surface area contributed by atoms with E-state index in [1.54, 1.807) is 0 Å². The van der Waals surface area contributed by atoms with Gasteiger partial charge < -0.3 is 9.47 Å². The van der Waals surface area contributed by atoms with E-state index in [0.29, 0.717) is 0 Å². The van der Waals surface area contributed by atoms with E-state index in [0.717, 1.165) is 22.7 Å². The highest BCUT2D eigenvalue weighted by molar-refractivity contribution is 6.12. The molecule has 10 aromatic carbocycles. The van der Waals surface area contributed by atoms with Crippen molar-refractivity contribution in [1.29, 1.82) is 0 Å². The van der Waals surface area contributed by atoms with Crippen molar-refractivity contribution >= 4 is 38.9 Å². The standard InChI is InChI=1S/C61H40N2/c1-4-18-43(19-5-1)62(44-20-6-2-7-21-44)46-37-34-41(35-38-46)47-27-16-31-55-59(47)60-48(28-17-32-56(60)61(55)53-29-13-10-24-49(53)50-25-11-14-30-54(50)61)42-36-39-58-52(40-42)51-26-12-15-33-57(51)63(58)45-22-8-3-9-23-45/h1-40H. The van der Waals surface area contributed by atoms with Gasteiger partial charge in [0.15, 0.2) is 0 Å². The fourth-order valence-electron chi connectivity index (χ4n) is 11.1. The molecule has 2 nitrogen and oxygen atoms in total. The number of para-hydroxylation sites is 4. The first-order valence-corrected chi connectivity index (χ1v) is 21.9. The molecule has 13 rings (SSSR count). The second kappa shape index (κ2) is 13.9. The summed E-state index contributed by atoms with van der Waals surface area (Å²) < 4.78 is 2.40. The number of anilines is 3. The van der Waals surface area contributed by atoms with Crippen molar-refractivity contribution in [1.82, 2.24) is 4.57 Å². The molecule has 0 aliphatic heterocycles. The summed E-state index contributed by atoms with van der Waals surface area (Å²) in [7, 11) is 0. The highest BCUT2D eigenvalue weighted by Gasteiger charge is 2.52. The molecule has 0 saturated carbocycles. The summed E-state index contributed by atoms with van der Waals surface area (Å²) in [4.78, 5) is 2.33. The van der Waals surface area contributed by atoms with Crippen LogP contribution in [-0.4, -0.2) is 4.57 Å². The average Bonchev–Trinajstić information content (AvgIpc) is 3.97. The van der Waals surface area contributed by atoms with Crippen LogP contribution in [0.4, 0.5) is 17.1 Å². The van der Waals surface area contributed by atoms with Crippen molar-refractivity contribution in [3.63, 3.8) is 0 Å². The molecule has 0 amide bonds. The molecular weight excluding hydrogens is 761 g/mol. The van der Waals surface area contributed by atoms with Crippen LogP contribution in [-0.2, 0) is 5.41 Å². The van der Waals surface area contributed by atoms with Crippen LogP contribution in [0, 0.1) is 0 Å². The summed E-state index contributed by atoms with van der Waals surface area (Å²) in [6.07, 6.45) is 0. The van der Waals surface area contributed by atoms with Gasteiger partial charge in [0.05, 0.1) is 16.4 Å². The minimum atomic E-state index is -0.478. The molecule has 63 heavy (non-hydrogen) atoms. The molecule has 0 N–H and O–H groups in total. The molecule has 294 valence electrons. The third-order valence-electron chi connectivity index (χ3n) is 13.6. The minimum absolute atomic E-state index is 0.478. The molecule has 0 atom stereocenters. The van der Waals surface area contributed by atoms with E-state index in [9.17, 15) is 0 Å². The summed E-state index contributed by atoms with van der Waals surface area (Å²) in [5, 5.41) is 2.50. The molecule has 0 radical (unpaired) electrons. The van der Waals surface area contributed by atoms with E-state index in [1.807, 2.05) is 0 Å². The second-order valence-corrected chi connectivity index (χ2v) is 16.8. The zero-order valence-corrected chi connectivity index (χ0v) is 34.5. The van der Waals surface area contributed by atoms with Gasteiger partial charge in [0.1, 0.15) is 0 Å². The summed E-state index contributed by atoms with van der Waals surface area (Å²) >= 11 is 0. The van der Waals surface area contributed by atoms with Gasteiger partial charge in [-0.3, -0.25) is 0 Å². The third-order valence-corrected chi connectivity index (χ3v) is 13.6. The number of rotatable bonds is 6. The second-order valence-electron chi connectivity index (χ2n) is 16.8. The van der Waals surface area contributed by atoms with Crippen LogP contribution in [0.3, 0.4) is 0 Å². The minimum Gasteiger partial charge on any atom is -0.311 e. The monoisotopic (exact) mass is 800 g/mol. The van der Waals surface area contributed by atoms with Crippen LogP contribution in [0.25, 0.3) is 72.0 Å². The maximum Gasteiger partial charge on any atom is 0.0725 e. The lowest BCUT2D eigenvalue weighted by Crippen LogP contribution is -2.25. The zero-order valence-electron chi connectivity index (χ0n) is 34.5. The molecule has 1 heterocycles. The van der Waals surface area contributed by atoms with Gasteiger partial charge in [0, 0.05) is 33.5 Å². The zero-order chi connectivity index (χ0) is 41.5. The van der Waals surface area contributed by atoms with E-state index in [2.05, 4.69) is 252 Å². The Morgan fingerprint density at radius 1 is 0.302 bits per heavy atom. The quantitative estimate of drug-likeness (QED) is 0.163. The smallest absolute Gasteiger partial charge is 0.0725 e. The van der Waals surface area contributed by atoms with E-state index < -0.39 is 5.41 Å². The SMILES string of the molecule is c1ccc(N(c2ccccc2)c2ccc(-c3cccc4c3-c3c(-c5ccc6c(c5)c5ccccc5n6-c5ccccc5)cccc3C43c4ccccc4-c4ccccc43)cc2)cc1. The predicted molar refractivity (Wildman–Crippen MR) is 263 cm³/mol. The topological polar surface area (TPSA) is 8.17 Å². The molecule has 0 bridgehead atoms. The van der Waals surface area contributed by atoms with Gasteiger partial charge in [-0.25, -0.2) is 0 Å². The number of fused-ring (bicyclic) bond motifs is 13. The van der Waals surface area contributed by atoms with Crippen molar-refractivity contribution in [2.24, 2.45) is 0 Å². The lowest BCUT2D eigenvalue weighted by Gasteiger charge is -2.30. The van der Waals surface area contributed by atoms with Gasteiger partial charge in [0.25, 0.3) is 0 Å². The van der Waals surface area contributed by atoms with Crippen molar-refractivity contribution in [3.8, 4) is 50.2 Å². The van der Waals surface area contributed by atoms with Crippen LogP contribution in [0.2, 0.25) is 0 Å². The maximum absolute atomic E-state index is 2.44. The van der Waals surface area contributed by atoms with Crippen molar-refractivity contribution < 1.29 is 0 Å². The lowest BCUT2D eigenvalue weighted by molar-refractivity contribution is 0.794. The molecule has 11 aromatic rings. The Labute approximate surface area is 367 Å². The first-order valence-electron chi connectivity index (χ1n) is 21.9. The molecule has 1 spiro atoms. The number of nitrogens with zero attached hydrogens (tertiary/aromatic N) is 2. The molecule has 0 saturated heterocycles. The fraction of sp³-hybridized carbons (Fsp3) is 0.0164. The van der Waals surface area contributed by atoms with Crippen molar-refractivity contribution in [2.75, 3.05) is 4.90 Å². The third kappa shape index (κ3) is 5.13. The van der Waals surface area contributed by atoms with Gasteiger partial charge in [-0.05, 0) is 133 Å². The first-order chi connectivity index (χ1) is 31.3. The molecule has 2 aliphatic carbocycles. The average molecular weight is 801 g/mol. The van der Waals surface area contributed by atoms with Crippen LogP contribution in [0.1, 0.15) is 22.3 Å². The number of hydrogen-bond acceptors (Lipinski definition) is 1. The molecule has 2 aliphatic rings. The Kier molecular flexibility index (Phi) is 7.85. The largest absolute Gasteiger partial charge is 0.311 e. The van der Waals surface area contributed by atoms with Crippen LogP contribution >= 0.6 is 0 Å². The highest BCUT2D eigenvalue weighted by Crippen LogP contribution is 2.65. The van der Waals surface area contributed by atoms with Gasteiger partial charge in [0.2, 0.25) is 0 Å². The molecule has 1 aromatic heterocycles. The lowest BCUT2D eigenvalue weighted by atomic mass is 9.70. The summed E-state index contributed by atoms with van der Waals surface area (Å²) in [6.45, 7) is 0. The fourth-order valence-corrected chi connectivity index (χ4v) is 11.1. The van der Waals surface area contributed by atoms with Gasteiger partial charge >= 0.3 is 0 Å². The first kappa shape index (κ1) is 35.5. The Balaban J connectivity index is 1.06. The van der Waals surface area contributed by atoms with Crippen molar-refractivity contribution in [2.45, 2.75) is 5.41 Å². The predicted octanol–water partition coefficient (Wildman–Crippen LogP) is 15.9. The Morgan fingerprint density at radius 3 is 1.37 bits per heavy atom. The summed E-state index contributed by atoms with van der Waals surface area (Å²) in [6, 6.07) is 89.4. The van der Waals surface area contributed by atoms with Crippen LogP contribution < -0.4 is 4.90 Å². The van der Waals surface area contributed by atoms with Crippen LogP contribution in [0.5, 0.6) is 0 Å². The number of hydrogen-bond donors (Lipinski definition) is 0. The molecule has 0 unspecified atom stereocenters. The van der Waals surface area contributed by atoms with Gasteiger partial charge in [-0.1, -0.05) is 176 Å². The van der Waals surface area contributed by atoms with E-state index >= 15 is 0 Å². The maximum atomic E-state index is 2.44. The van der Waals surface area contributed by atoms with Gasteiger partial charge in [-0.2, -0.15) is 0 Å². The highest BCUT2D eigenvalue weighted by atomic mass is 15.1.